The molecule has 2 atom stereocenters. The van der Waals surface area contributed by atoms with E-state index in [0.717, 1.165) is 5.56 Å². The smallest absolute Gasteiger partial charge is 0.280 e. The second-order valence-corrected chi connectivity index (χ2v) is 7.04. The van der Waals surface area contributed by atoms with Crippen molar-refractivity contribution in [2.24, 2.45) is 0 Å². The summed E-state index contributed by atoms with van der Waals surface area (Å²) < 4.78 is 39.1. The molecule has 1 aromatic heterocycles. The van der Waals surface area contributed by atoms with Gasteiger partial charge in [0, 0.05) is 17.6 Å². The van der Waals surface area contributed by atoms with Gasteiger partial charge in [-0.3, -0.25) is 4.98 Å². The van der Waals surface area contributed by atoms with Crippen molar-refractivity contribution in [2.75, 3.05) is 0 Å². The number of aromatic nitrogens is 1. The maximum Gasteiger partial charge on any atom is 0.280 e. The Morgan fingerprint density at radius 2 is 1.94 bits per heavy atom. The van der Waals surface area contributed by atoms with Crippen molar-refractivity contribution in [2.45, 2.75) is 44.9 Å². The molecule has 102 valence electrons. The van der Waals surface area contributed by atoms with Crippen LogP contribution in [0, 0.1) is 0 Å². The van der Waals surface area contributed by atoms with E-state index in [0.29, 0.717) is 0 Å². The molecule has 0 spiro atoms. The minimum absolute atomic E-state index is 0.204. The van der Waals surface area contributed by atoms with Gasteiger partial charge >= 0.3 is 0 Å². The number of alkyl halides is 2. The quantitative estimate of drug-likeness (QED) is 0.859. The minimum atomic E-state index is -2.56. The van der Waals surface area contributed by atoms with Crippen LogP contribution in [-0.2, 0) is 11.4 Å². The highest BCUT2D eigenvalue weighted by atomic mass is 32.2. The molecule has 0 amide bonds. The van der Waals surface area contributed by atoms with E-state index >= 15 is 0 Å². The topological polar surface area (TPSA) is 48.0 Å². The molecule has 0 saturated heterocycles. The van der Waals surface area contributed by atoms with Crippen LogP contribution >= 0.6 is 0 Å². The predicted molar refractivity (Wildman–Crippen MR) is 68.6 cm³/mol. The lowest BCUT2D eigenvalue weighted by Gasteiger charge is -2.26. The highest BCUT2D eigenvalue weighted by molar-refractivity contribution is 7.90. The van der Waals surface area contributed by atoms with Crippen molar-refractivity contribution in [3.63, 3.8) is 0 Å². The molecule has 1 unspecified atom stereocenters. The normalized spacial score (nSPS) is 15.8. The maximum absolute atomic E-state index is 12.3. The molecule has 1 rings (SSSR count). The molecule has 18 heavy (non-hydrogen) atoms. The zero-order valence-electron chi connectivity index (χ0n) is 10.9. The Morgan fingerprint density at radius 3 is 2.33 bits per heavy atom. The fourth-order valence-corrected chi connectivity index (χ4v) is 2.02. The lowest BCUT2D eigenvalue weighted by Crippen LogP contribution is -2.40. The van der Waals surface area contributed by atoms with Crippen LogP contribution < -0.4 is 4.72 Å². The number of pyridine rings is 1. The van der Waals surface area contributed by atoms with Gasteiger partial charge in [-0.15, -0.1) is 4.72 Å². The van der Waals surface area contributed by atoms with E-state index in [4.69, 9.17) is 0 Å². The first-order chi connectivity index (χ1) is 8.21. The molecule has 3 nitrogen and oxygen atoms in total. The third-order valence-electron chi connectivity index (χ3n) is 2.37. The molecular weight excluding hydrogens is 258 g/mol. The summed E-state index contributed by atoms with van der Waals surface area (Å²) in [4.78, 5) is 3.68. The first kappa shape index (κ1) is 15.3. The number of nitrogens with zero attached hydrogens (tertiary/aromatic N) is 1. The molecule has 0 aliphatic rings. The summed E-state index contributed by atoms with van der Waals surface area (Å²) in [5, 5.41) is 0. The average Bonchev–Trinajstić information content (AvgIpc) is 2.27. The third kappa shape index (κ3) is 4.19. The largest absolute Gasteiger partial charge is 0.598 e. The van der Waals surface area contributed by atoms with Crippen molar-refractivity contribution in [3.05, 3.63) is 29.6 Å². The van der Waals surface area contributed by atoms with Gasteiger partial charge in [-0.05, 0) is 39.3 Å². The summed E-state index contributed by atoms with van der Waals surface area (Å²) >= 11 is -1.21. The Morgan fingerprint density at radius 1 is 1.33 bits per heavy atom. The summed E-state index contributed by atoms with van der Waals surface area (Å²) in [7, 11) is 0. The van der Waals surface area contributed by atoms with Crippen LogP contribution in [0.5, 0.6) is 0 Å². The molecule has 0 saturated carbocycles. The molecule has 6 heteroatoms. The highest BCUT2D eigenvalue weighted by Gasteiger charge is 2.28. The van der Waals surface area contributed by atoms with Crippen molar-refractivity contribution in [1.29, 1.82) is 0 Å². The maximum atomic E-state index is 12.3. The van der Waals surface area contributed by atoms with Crippen LogP contribution in [0.15, 0.2) is 18.3 Å². The zero-order valence-corrected chi connectivity index (χ0v) is 11.7. The van der Waals surface area contributed by atoms with E-state index in [1.807, 2.05) is 27.7 Å². The summed E-state index contributed by atoms with van der Waals surface area (Å²) in [6.07, 6.45) is -1.18. The van der Waals surface area contributed by atoms with Crippen molar-refractivity contribution >= 4 is 11.4 Å². The Labute approximate surface area is 109 Å². The van der Waals surface area contributed by atoms with Crippen molar-refractivity contribution in [3.8, 4) is 0 Å². The van der Waals surface area contributed by atoms with Crippen molar-refractivity contribution < 1.29 is 13.3 Å². The van der Waals surface area contributed by atoms with Crippen molar-refractivity contribution in [1.82, 2.24) is 9.71 Å². The van der Waals surface area contributed by atoms with E-state index in [-0.39, 0.29) is 16.5 Å². The average molecular weight is 276 g/mol. The molecule has 0 bridgehead atoms. The molecule has 0 radical (unpaired) electrons. The Hall–Kier alpha value is -0.720. The van der Waals surface area contributed by atoms with Gasteiger partial charge < -0.3 is 4.55 Å². The lowest BCUT2D eigenvalue weighted by atomic mass is 10.1. The van der Waals surface area contributed by atoms with Gasteiger partial charge in [0.25, 0.3) is 6.43 Å². The standard InChI is InChI=1S/C12H18F2N2OS/c1-8(16-18(17)12(2,3)4)9-5-6-10(11(13)14)15-7-9/h5-8,11,16H,1-4H3/t8?,18-/m0/s1. The molecule has 1 heterocycles. The van der Waals surface area contributed by atoms with Crippen LogP contribution in [0.1, 0.15) is 51.4 Å². The zero-order chi connectivity index (χ0) is 13.9. The summed E-state index contributed by atoms with van der Waals surface area (Å²) in [6.45, 7) is 7.41. The van der Waals surface area contributed by atoms with Gasteiger partial charge in [-0.25, -0.2) is 8.78 Å². The van der Waals surface area contributed by atoms with E-state index in [1.54, 1.807) is 6.07 Å². The van der Waals surface area contributed by atoms with Gasteiger partial charge in [0.2, 0.25) is 0 Å². The van der Waals surface area contributed by atoms with Gasteiger partial charge in [0.15, 0.2) is 0 Å². The van der Waals surface area contributed by atoms with Gasteiger partial charge in [-0.1, -0.05) is 6.07 Å². The van der Waals surface area contributed by atoms with Crippen LogP contribution in [0.4, 0.5) is 8.78 Å². The van der Waals surface area contributed by atoms with Crippen LogP contribution in [-0.4, -0.2) is 14.3 Å². The number of nitrogens with one attached hydrogen (secondary N) is 1. The SMILES string of the molecule is CC(N[S@@+]([O-])C(C)(C)C)c1ccc(C(F)F)nc1. The second-order valence-electron chi connectivity index (χ2n) is 5.04. The number of halogens is 2. The molecule has 1 aromatic rings. The Bertz CT molecular complexity index is 379. The lowest BCUT2D eigenvalue weighted by molar-refractivity contribution is 0.146. The third-order valence-corrected chi connectivity index (χ3v) is 4.05. The van der Waals surface area contributed by atoms with Crippen LogP contribution in [0.2, 0.25) is 0 Å². The molecular formula is C12H18F2N2OS. The Kier molecular flexibility index (Phi) is 5.07. The fraction of sp³-hybridized carbons (Fsp3) is 0.583. The van der Waals surface area contributed by atoms with Gasteiger partial charge in [0.1, 0.15) is 10.4 Å². The first-order valence-electron chi connectivity index (χ1n) is 5.64. The van der Waals surface area contributed by atoms with E-state index in [2.05, 4.69) is 9.71 Å². The van der Waals surface area contributed by atoms with Crippen LogP contribution in [0.25, 0.3) is 0 Å². The second kappa shape index (κ2) is 5.95. The summed E-state index contributed by atoms with van der Waals surface area (Å²) in [6, 6.07) is 2.66. The monoisotopic (exact) mass is 276 g/mol. The molecule has 0 aliphatic heterocycles. The first-order valence-corrected chi connectivity index (χ1v) is 6.79. The minimum Gasteiger partial charge on any atom is -0.598 e. The number of hydrogen-bond donors (Lipinski definition) is 1. The fourth-order valence-electron chi connectivity index (χ4n) is 1.21. The Balaban J connectivity index is 2.70. The van der Waals surface area contributed by atoms with E-state index in [1.165, 1.54) is 12.3 Å². The summed E-state index contributed by atoms with van der Waals surface area (Å²) in [5.74, 6) is 0. The van der Waals surface area contributed by atoms with Gasteiger partial charge in [-0.2, -0.15) is 0 Å². The predicted octanol–water partition coefficient (Wildman–Crippen LogP) is 3.13. The highest BCUT2D eigenvalue weighted by Crippen LogP contribution is 2.21. The number of rotatable bonds is 4. The van der Waals surface area contributed by atoms with E-state index < -0.39 is 17.8 Å². The molecule has 1 N–H and O–H groups in total. The molecule has 0 fully saturated rings. The number of hydrogen-bond acceptors (Lipinski definition) is 3. The van der Waals surface area contributed by atoms with Crippen LogP contribution in [0.3, 0.4) is 0 Å². The van der Waals surface area contributed by atoms with Gasteiger partial charge in [0.05, 0.1) is 6.04 Å². The summed E-state index contributed by atoms with van der Waals surface area (Å²) in [5.41, 5.74) is 0.486. The molecule has 0 aliphatic carbocycles. The van der Waals surface area contributed by atoms with E-state index in [9.17, 15) is 13.3 Å². The molecule has 0 aromatic carbocycles.